The fourth-order valence-corrected chi connectivity index (χ4v) is 6.84. The fourth-order valence-electron chi connectivity index (χ4n) is 6.84. The summed E-state index contributed by atoms with van der Waals surface area (Å²) >= 11 is 0. The Kier molecular flexibility index (Phi) is 6.84. The average Bonchev–Trinajstić information content (AvgIpc) is 3.55. The van der Waals surface area contributed by atoms with E-state index in [4.69, 9.17) is 4.42 Å². The van der Waals surface area contributed by atoms with Crippen LogP contribution in [0.4, 0.5) is 17.1 Å². The summed E-state index contributed by atoms with van der Waals surface area (Å²) in [5, 5.41) is 4.73. The highest BCUT2D eigenvalue weighted by Gasteiger charge is 2.20. The molecule has 0 aliphatic rings. The van der Waals surface area contributed by atoms with Gasteiger partial charge in [-0.05, 0) is 92.7 Å². The molecule has 0 fully saturated rings. The third-order valence-electron chi connectivity index (χ3n) is 9.24. The number of fused-ring (bicyclic) bond motifs is 4. The summed E-state index contributed by atoms with van der Waals surface area (Å²) in [4.78, 5) is 2.31. The lowest BCUT2D eigenvalue weighted by atomic mass is 9.97. The Morgan fingerprint density at radius 3 is 1.77 bits per heavy atom. The molecule has 1 heterocycles. The maximum absolute atomic E-state index is 6.56. The highest BCUT2D eigenvalue weighted by molar-refractivity contribution is 6.10. The van der Waals surface area contributed by atoms with Gasteiger partial charge in [-0.3, -0.25) is 0 Å². The lowest BCUT2D eigenvalue weighted by Gasteiger charge is -2.26. The number of benzene rings is 8. The number of rotatable bonds is 6. The molecule has 9 rings (SSSR count). The third kappa shape index (κ3) is 5.01. The minimum Gasteiger partial charge on any atom is -0.454 e. The van der Waals surface area contributed by atoms with Gasteiger partial charge in [-0.15, -0.1) is 0 Å². The first-order valence-electron chi connectivity index (χ1n) is 16.3. The van der Waals surface area contributed by atoms with Gasteiger partial charge in [-0.2, -0.15) is 0 Å². The van der Waals surface area contributed by atoms with Crippen molar-refractivity contribution in [3.63, 3.8) is 0 Å². The maximum atomic E-state index is 6.56. The molecule has 8 aromatic carbocycles. The average molecular weight is 614 g/mol. The van der Waals surface area contributed by atoms with Gasteiger partial charge in [0.15, 0.2) is 5.58 Å². The van der Waals surface area contributed by atoms with Crippen molar-refractivity contribution in [2.75, 3.05) is 4.90 Å². The normalized spacial score (nSPS) is 11.3. The van der Waals surface area contributed by atoms with Crippen molar-refractivity contribution in [3.05, 3.63) is 188 Å². The molecule has 2 heteroatoms. The Labute approximate surface area is 279 Å². The molecule has 0 radical (unpaired) electrons. The van der Waals surface area contributed by atoms with E-state index in [-0.39, 0.29) is 0 Å². The van der Waals surface area contributed by atoms with Crippen molar-refractivity contribution >= 4 is 49.8 Å². The van der Waals surface area contributed by atoms with Gasteiger partial charge < -0.3 is 9.32 Å². The molecule has 0 atom stereocenters. The minimum atomic E-state index is 0.871. The number of hydrogen-bond donors (Lipinski definition) is 0. The first-order chi connectivity index (χ1) is 23.8. The number of nitrogens with zero attached hydrogens (tertiary/aromatic N) is 1. The first-order valence-corrected chi connectivity index (χ1v) is 16.3. The van der Waals surface area contributed by atoms with Crippen LogP contribution in [-0.4, -0.2) is 0 Å². The van der Waals surface area contributed by atoms with Crippen molar-refractivity contribution in [3.8, 4) is 33.4 Å². The Bertz CT molecular complexity index is 2560. The monoisotopic (exact) mass is 613 g/mol. The molecule has 0 spiro atoms. The highest BCUT2D eigenvalue weighted by atomic mass is 16.3. The summed E-state index contributed by atoms with van der Waals surface area (Å²) in [6, 6.07) is 66.9. The Hall–Kier alpha value is -6.38. The fraction of sp³-hybridized carbons (Fsp3) is 0. The van der Waals surface area contributed by atoms with E-state index < -0.39 is 0 Å². The summed E-state index contributed by atoms with van der Waals surface area (Å²) in [6.45, 7) is 0. The molecular formula is C46H31NO. The third-order valence-corrected chi connectivity index (χ3v) is 9.24. The molecule has 0 N–H and O–H groups in total. The molecule has 0 bridgehead atoms. The zero-order valence-corrected chi connectivity index (χ0v) is 26.3. The second-order valence-electron chi connectivity index (χ2n) is 12.2. The van der Waals surface area contributed by atoms with Crippen molar-refractivity contribution < 1.29 is 4.42 Å². The maximum Gasteiger partial charge on any atom is 0.159 e. The number of anilines is 3. The van der Waals surface area contributed by atoms with E-state index in [2.05, 4.69) is 181 Å². The predicted octanol–water partition coefficient (Wildman–Crippen LogP) is 13.2. The quantitative estimate of drug-likeness (QED) is 0.185. The van der Waals surface area contributed by atoms with Gasteiger partial charge in [-0.25, -0.2) is 0 Å². The van der Waals surface area contributed by atoms with Crippen LogP contribution in [0.1, 0.15) is 0 Å². The SMILES string of the molecule is c1ccc(-c2cccc(N(c3ccc(-c4cccc(-c5ccc6ccccc6c5)c4)cc3)c3cccc4c3oc3ccccc34)c2)cc1. The van der Waals surface area contributed by atoms with Crippen LogP contribution in [0.25, 0.3) is 66.1 Å². The van der Waals surface area contributed by atoms with Crippen LogP contribution in [-0.2, 0) is 0 Å². The van der Waals surface area contributed by atoms with E-state index in [1.165, 1.54) is 38.6 Å². The van der Waals surface area contributed by atoms with Crippen molar-refractivity contribution in [1.29, 1.82) is 0 Å². The van der Waals surface area contributed by atoms with E-state index in [1.807, 2.05) is 12.1 Å². The van der Waals surface area contributed by atoms with Gasteiger partial charge in [0.1, 0.15) is 5.58 Å². The smallest absolute Gasteiger partial charge is 0.159 e. The zero-order valence-electron chi connectivity index (χ0n) is 26.3. The van der Waals surface area contributed by atoms with Crippen LogP contribution >= 0.6 is 0 Å². The first kappa shape index (κ1) is 27.9. The summed E-state index contributed by atoms with van der Waals surface area (Å²) in [7, 11) is 0. The van der Waals surface area contributed by atoms with Gasteiger partial charge in [-0.1, -0.05) is 140 Å². The highest BCUT2D eigenvalue weighted by Crippen LogP contribution is 2.43. The molecule has 0 aliphatic heterocycles. The van der Waals surface area contributed by atoms with Crippen LogP contribution in [0.5, 0.6) is 0 Å². The van der Waals surface area contributed by atoms with Crippen molar-refractivity contribution in [2.45, 2.75) is 0 Å². The molecule has 1 aromatic heterocycles. The van der Waals surface area contributed by atoms with Gasteiger partial charge in [0.25, 0.3) is 0 Å². The Morgan fingerprint density at radius 2 is 0.917 bits per heavy atom. The lowest BCUT2D eigenvalue weighted by Crippen LogP contribution is -2.10. The topological polar surface area (TPSA) is 16.4 Å². The van der Waals surface area contributed by atoms with Gasteiger partial charge in [0.2, 0.25) is 0 Å². The summed E-state index contributed by atoms with van der Waals surface area (Å²) in [5.74, 6) is 0. The molecule has 0 amide bonds. The van der Waals surface area contributed by atoms with Crippen LogP contribution in [0.15, 0.2) is 192 Å². The van der Waals surface area contributed by atoms with Gasteiger partial charge in [0, 0.05) is 22.1 Å². The van der Waals surface area contributed by atoms with E-state index in [1.54, 1.807) is 0 Å². The van der Waals surface area contributed by atoms with Gasteiger partial charge >= 0.3 is 0 Å². The molecule has 0 unspecified atom stereocenters. The summed E-state index contributed by atoms with van der Waals surface area (Å²) < 4.78 is 6.56. The second kappa shape index (κ2) is 11.8. The van der Waals surface area contributed by atoms with Crippen molar-refractivity contribution in [2.24, 2.45) is 0 Å². The van der Waals surface area contributed by atoms with E-state index in [9.17, 15) is 0 Å². The molecule has 226 valence electrons. The zero-order chi connectivity index (χ0) is 31.9. The summed E-state index contributed by atoms with van der Waals surface area (Å²) in [6.07, 6.45) is 0. The van der Waals surface area contributed by atoms with Crippen LogP contribution in [0, 0.1) is 0 Å². The molecule has 48 heavy (non-hydrogen) atoms. The van der Waals surface area contributed by atoms with Crippen LogP contribution < -0.4 is 4.90 Å². The second-order valence-corrected chi connectivity index (χ2v) is 12.2. The Morgan fingerprint density at radius 1 is 0.333 bits per heavy atom. The Balaban J connectivity index is 1.15. The van der Waals surface area contributed by atoms with Crippen molar-refractivity contribution in [1.82, 2.24) is 0 Å². The molecule has 0 saturated heterocycles. The van der Waals surface area contributed by atoms with E-state index in [0.717, 1.165) is 44.6 Å². The van der Waals surface area contributed by atoms with E-state index in [0.29, 0.717) is 0 Å². The summed E-state index contributed by atoms with van der Waals surface area (Å²) in [5.41, 5.74) is 12.0. The standard InChI is InChI=1S/C46H31NO/c1-2-11-32(12-3-1)38-17-9-18-41(31-38)47(44-21-10-20-43-42-19-6-7-22-45(42)48-46(43)44)40-27-25-34(26-28-40)36-15-8-16-37(29-36)39-24-23-33-13-4-5-14-35(33)30-39/h1-31H. The molecular weight excluding hydrogens is 583 g/mol. The number of para-hydroxylation sites is 2. The van der Waals surface area contributed by atoms with Gasteiger partial charge in [0.05, 0.1) is 5.69 Å². The van der Waals surface area contributed by atoms with Crippen LogP contribution in [0.3, 0.4) is 0 Å². The van der Waals surface area contributed by atoms with Crippen LogP contribution in [0.2, 0.25) is 0 Å². The lowest BCUT2D eigenvalue weighted by molar-refractivity contribution is 0.669. The predicted molar refractivity (Wildman–Crippen MR) is 202 cm³/mol. The molecule has 0 saturated carbocycles. The number of furan rings is 1. The molecule has 9 aromatic rings. The van der Waals surface area contributed by atoms with E-state index >= 15 is 0 Å². The molecule has 2 nitrogen and oxygen atoms in total. The minimum absolute atomic E-state index is 0.871. The molecule has 0 aliphatic carbocycles. The largest absolute Gasteiger partial charge is 0.454 e. The number of hydrogen-bond acceptors (Lipinski definition) is 2.